The van der Waals surface area contributed by atoms with Crippen molar-refractivity contribution >= 4 is 11.7 Å². The predicted molar refractivity (Wildman–Crippen MR) is 78.8 cm³/mol. The molecule has 0 unspecified atom stereocenters. The number of carbonyl (C=O) groups is 1. The van der Waals surface area contributed by atoms with E-state index in [1.807, 2.05) is 0 Å². The van der Waals surface area contributed by atoms with Crippen molar-refractivity contribution in [2.45, 2.75) is 24.9 Å². The molecular weight excluding hydrogens is 285 g/mol. The number of benzene rings is 1. The van der Waals surface area contributed by atoms with E-state index in [4.69, 9.17) is 4.74 Å². The fraction of sp³-hybridized carbons (Fsp3) is 0.312. The standard InChI is InChI=1S/C16H16FN3O2/c1-22-14(11-4-6-12(17)7-5-11)16(21)20-15-13(10-2-3-10)18-8-9-19-15/h4-10,14H,2-3H2,1H3,(H,19,20,21)/t14-/m1/s1. The van der Waals surface area contributed by atoms with Crippen LogP contribution >= 0.6 is 0 Å². The Balaban J connectivity index is 1.79. The maximum Gasteiger partial charge on any atom is 0.259 e. The highest BCUT2D eigenvalue weighted by Gasteiger charge is 2.30. The number of nitrogens with zero attached hydrogens (tertiary/aromatic N) is 2. The van der Waals surface area contributed by atoms with Crippen LogP contribution in [0.25, 0.3) is 0 Å². The first-order valence-electron chi connectivity index (χ1n) is 7.09. The molecule has 2 aromatic rings. The number of halogens is 1. The summed E-state index contributed by atoms with van der Waals surface area (Å²) in [7, 11) is 1.44. The normalized spacial score (nSPS) is 15.4. The van der Waals surface area contributed by atoms with Gasteiger partial charge >= 0.3 is 0 Å². The Hall–Kier alpha value is -2.34. The molecule has 0 aliphatic heterocycles. The van der Waals surface area contributed by atoms with Gasteiger partial charge in [-0.3, -0.25) is 9.78 Å². The lowest BCUT2D eigenvalue weighted by Crippen LogP contribution is -2.24. The van der Waals surface area contributed by atoms with Gasteiger partial charge < -0.3 is 10.1 Å². The third kappa shape index (κ3) is 3.12. The largest absolute Gasteiger partial charge is 0.367 e. The molecule has 114 valence electrons. The molecule has 0 bridgehead atoms. The van der Waals surface area contributed by atoms with Gasteiger partial charge in [-0.05, 0) is 30.5 Å². The van der Waals surface area contributed by atoms with E-state index in [-0.39, 0.29) is 11.7 Å². The zero-order chi connectivity index (χ0) is 15.5. The lowest BCUT2D eigenvalue weighted by atomic mass is 10.1. The number of rotatable bonds is 5. The Morgan fingerprint density at radius 2 is 1.95 bits per heavy atom. The average molecular weight is 301 g/mol. The van der Waals surface area contributed by atoms with Crippen LogP contribution in [0.4, 0.5) is 10.2 Å². The van der Waals surface area contributed by atoms with Crippen LogP contribution in [0, 0.1) is 5.82 Å². The number of hydrogen-bond donors (Lipinski definition) is 1. The van der Waals surface area contributed by atoms with Crippen LogP contribution in [-0.2, 0) is 9.53 Å². The van der Waals surface area contributed by atoms with Gasteiger partial charge in [0.15, 0.2) is 11.9 Å². The molecule has 0 spiro atoms. The minimum atomic E-state index is -0.824. The van der Waals surface area contributed by atoms with Crippen LogP contribution in [-0.4, -0.2) is 23.0 Å². The summed E-state index contributed by atoms with van der Waals surface area (Å²) >= 11 is 0. The Morgan fingerprint density at radius 1 is 1.27 bits per heavy atom. The van der Waals surface area contributed by atoms with E-state index in [2.05, 4.69) is 15.3 Å². The number of aromatic nitrogens is 2. The van der Waals surface area contributed by atoms with Gasteiger partial charge in [-0.25, -0.2) is 9.37 Å². The lowest BCUT2D eigenvalue weighted by Gasteiger charge is -2.16. The summed E-state index contributed by atoms with van der Waals surface area (Å²) in [5.41, 5.74) is 1.39. The number of nitrogens with one attached hydrogen (secondary N) is 1. The second-order valence-corrected chi connectivity index (χ2v) is 5.22. The van der Waals surface area contributed by atoms with E-state index < -0.39 is 6.10 Å². The number of methoxy groups -OCH3 is 1. The van der Waals surface area contributed by atoms with Gasteiger partial charge in [0.1, 0.15) is 5.82 Å². The van der Waals surface area contributed by atoms with Crippen molar-refractivity contribution in [2.75, 3.05) is 12.4 Å². The molecule has 1 saturated carbocycles. The number of carbonyl (C=O) groups excluding carboxylic acids is 1. The van der Waals surface area contributed by atoms with Gasteiger partial charge in [0.25, 0.3) is 5.91 Å². The van der Waals surface area contributed by atoms with Crippen LogP contribution in [0.3, 0.4) is 0 Å². The molecule has 1 N–H and O–H groups in total. The molecule has 3 rings (SSSR count). The molecule has 22 heavy (non-hydrogen) atoms. The van der Waals surface area contributed by atoms with Crippen molar-refractivity contribution in [1.82, 2.24) is 9.97 Å². The van der Waals surface area contributed by atoms with Crippen LogP contribution < -0.4 is 5.32 Å². The van der Waals surface area contributed by atoms with Crippen molar-refractivity contribution in [1.29, 1.82) is 0 Å². The molecule has 1 fully saturated rings. The van der Waals surface area contributed by atoms with Gasteiger partial charge in [-0.15, -0.1) is 0 Å². The van der Waals surface area contributed by atoms with Crippen LogP contribution in [0.2, 0.25) is 0 Å². The maximum atomic E-state index is 13.0. The molecule has 1 aliphatic carbocycles. The summed E-state index contributed by atoms with van der Waals surface area (Å²) in [5, 5.41) is 2.76. The van der Waals surface area contributed by atoms with Crippen molar-refractivity contribution in [3.63, 3.8) is 0 Å². The minimum absolute atomic E-state index is 0.350. The van der Waals surface area contributed by atoms with Crippen molar-refractivity contribution < 1.29 is 13.9 Å². The topological polar surface area (TPSA) is 64.1 Å². The van der Waals surface area contributed by atoms with Crippen LogP contribution in [0.5, 0.6) is 0 Å². The minimum Gasteiger partial charge on any atom is -0.367 e. The molecule has 0 radical (unpaired) electrons. The number of ether oxygens (including phenoxy) is 1. The third-order valence-corrected chi connectivity index (χ3v) is 3.58. The quantitative estimate of drug-likeness (QED) is 0.922. The Morgan fingerprint density at radius 3 is 2.59 bits per heavy atom. The summed E-state index contributed by atoms with van der Waals surface area (Å²) in [6, 6.07) is 5.66. The molecule has 1 aliphatic rings. The average Bonchev–Trinajstić information content (AvgIpc) is 3.35. The second kappa shape index (κ2) is 6.19. The molecule has 5 nitrogen and oxygen atoms in total. The van der Waals surface area contributed by atoms with Gasteiger partial charge in [0, 0.05) is 25.4 Å². The molecule has 1 heterocycles. The smallest absolute Gasteiger partial charge is 0.259 e. The van der Waals surface area contributed by atoms with E-state index in [1.54, 1.807) is 12.4 Å². The summed E-state index contributed by atoms with van der Waals surface area (Å²) in [6.45, 7) is 0. The number of anilines is 1. The monoisotopic (exact) mass is 301 g/mol. The Labute approximate surface area is 127 Å². The SMILES string of the molecule is CO[C@@H](C(=O)Nc1nccnc1C1CC1)c1ccc(F)cc1. The molecule has 0 saturated heterocycles. The maximum absolute atomic E-state index is 13.0. The third-order valence-electron chi connectivity index (χ3n) is 3.58. The highest BCUT2D eigenvalue weighted by Crippen LogP contribution is 2.41. The summed E-state index contributed by atoms with van der Waals surface area (Å²) in [5.74, 6) is 0.135. The highest BCUT2D eigenvalue weighted by molar-refractivity contribution is 5.94. The van der Waals surface area contributed by atoms with Gasteiger partial charge in [-0.2, -0.15) is 0 Å². The van der Waals surface area contributed by atoms with E-state index in [0.29, 0.717) is 17.3 Å². The molecule has 1 atom stereocenters. The summed E-state index contributed by atoms with van der Waals surface area (Å²) < 4.78 is 18.2. The van der Waals surface area contributed by atoms with Gasteiger partial charge in [0.2, 0.25) is 0 Å². The molecule has 1 amide bonds. The van der Waals surface area contributed by atoms with Gasteiger partial charge in [-0.1, -0.05) is 12.1 Å². The lowest BCUT2D eigenvalue weighted by molar-refractivity contribution is -0.126. The van der Waals surface area contributed by atoms with Crippen LogP contribution in [0.1, 0.15) is 36.1 Å². The Bertz CT molecular complexity index is 671. The first-order valence-corrected chi connectivity index (χ1v) is 7.09. The molecule has 6 heteroatoms. The summed E-state index contributed by atoms with van der Waals surface area (Å²) in [4.78, 5) is 20.9. The molecular formula is C16H16FN3O2. The Kier molecular flexibility index (Phi) is 4.11. The van der Waals surface area contributed by atoms with E-state index in [1.165, 1.54) is 31.4 Å². The van der Waals surface area contributed by atoms with Crippen molar-refractivity contribution in [3.8, 4) is 0 Å². The number of amides is 1. The zero-order valence-corrected chi connectivity index (χ0v) is 12.1. The van der Waals surface area contributed by atoms with Gasteiger partial charge in [0.05, 0.1) is 5.69 Å². The van der Waals surface area contributed by atoms with E-state index in [0.717, 1.165) is 18.5 Å². The highest BCUT2D eigenvalue weighted by atomic mass is 19.1. The zero-order valence-electron chi connectivity index (χ0n) is 12.1. The predicted octanol–water partition coefficient (Wildman–Crippen LogP) is 2.82. The fourth-order valence-corrected chi connectivity index (χ4v) is 2.31. The summed E-state index contributed by atoms with van der Waals surface area (Å²) in [6.07, 6.45) is 4.47. The first-order chi connectivity index (χ1) is 10.7. The number of hydrogen-bond acceptors (Lipinski definition) is 4. The molecule has 1 aromatic heterocycles. The van der Waals surface area contributed by atoms with E-state index in [9.17, 15) is 9.18 Å². The van der Waals surface area contributed by atoms with Crippen LogP contribution in [0.15, 0.2) is 36.7 Å². The fourth-order valence-electron chi connectivity index (χ4n) is 2.31. The molecule has 1 aromatic carbocycles. The van der Waals surface area contributed by atoms with Crippen molar-refractivity contribution in [3.05, 3.63) is 53.7 Å². The van der Waals surface area contributed by atoms with E-state index >= 15 is 0 Å². The second-order valence-electron chi connectivity index (χ2n) is 5.22. The van der Waals surface area contributed by atoms with Crippen molar-refractivity contribution in [2.24, 2.45) is 0 Å². The first kappa shape index (κ1) is 14.6.